The highest BCUT2D eigenvalue weighted by Crippen LogP contribution is 2.27. The SMILES string of the molecule is Cc1ccc(S(=O)(=O)N2CCCC2C(=O)Nc2nnc(CCSc3ccccc3)o2)cc1. The first-order valence-electron chi connectivity index (χ1n) is 10.3. The molecule has 10 heteroatoms. The van der Waals surface area contributed by atoms with E-state index < -0.39 is 22.0 Å². The van der Waals surface area contributed by atoms with Crippen LogP contribution in [0.5, 0.6) is 0 Å². The first kappa shape index (κ1) is 22.5. The molecule has 32 heavy (non-hydrogen) atoms. The number of carbonyl (C=O) groups is 1. The summed E-state index contributed by atoms with van der Waals surface area (Å²) in [6, 6.07) is 15.8. The molecule has 3 aromatic rings. The van der Waals surface area contributed by atoms with Gasteiger partial charge >= 0.3 is 6.01 Å². The summed E-state index contributed by atoms with van der Waals surface area (Å²) in [6.45, 7) is 2.18. The lowest BCUT2D eigenvalue weighted by atomic mass is 10.2. The first-order valence-corrected chi connectivity index (χ1v) is 12.8. The summed E-state index contributed by atoms with van der Waals surface area (Å²) >= 11 is 1.67. The summed E-state index contributed by atoms with van der Waals surface area (Å²) in [5, 5.41) is 10.4. The van der Waals surface area contributed by atoms with Gasteiger partial charge in [-0.2, -0.15) is 4.31 Å². The smallest absolute Gasteiger partial charge is 0.322 e. The third-order valence-corrected chi connectivity index (χ3v) is 8.09. The van der Waals surface area contributed by atoms with E-state index in [-0.39, 0.29) is 10.9 Å². The van der Waals surface area contributed by atoms with Crippen molar-refractivity contribution in [2.24, 2.45) is 0 Å². The van der Waals surface area contributed by atoms with Crippen LogP contribution in [-0.2, 0) is 21.2 Å². The molecule has 168 valence electrons. The number of anilines is 1. The maximum Gasteiger partial charge on any atom is 0.322 e. The Hall–Kier alpha value is -2.69. The lowest BCUT2D eigenvalue weighted by Gasteiger charge is -2.22. The summed E-state index contributed by atoms with van der Waals surface area (Å²) in [5.41, 5.74) is 0.967. The summed E-state index contributed by atoms with van der Waals surface area (Å²) in [4.78, 5) is 14.1. The fraction of sp³-hybridized carbons (Fsp3) is 0.318. The molecule has 1 aliphatic rings. The van der Waals surface area contributed by atoms with Crippen molar-refractivity contribution in [1.29, 1.82) is 0 Å². The number of benzene rings is 2. The molecule has 2 aromatic carbocycles. The molecule has 0 radical (unpaired) electrons. The average Bonchev–Trinajstić information content (AvgIpc) is 3.45. The molecule has 0 saturated carbocycles. The van der Waals surface area contributed by atoms with Gasteiger partial charge < -0.3 is 4.42 Å². The van der Waals surface area contributed by atoms with Crippen LogP contribution in [0.15, 0.2) is 68.8 Å². The van der Waals surface area contributed by atoms with E-state index in [9.17, 15) is 13.2 Å². The molecule has 2 heterocycles. The van der Waals surface area contributed by atoms with Crippen LogP contribution < -0.4 is 5.32 Å². The Bertz CT molecular complexity index is 1160. The number of rotatable bonds is 8. The van der Waals surface area contributed by atoms with Crippen LogP contribution in [0.1, 0.15) is 24.3 Å². The number of nitrogens with zero attached hydrogens (tertiary/aromatic N) is 3. The fourth-order valence-electron chi connectivity index (χ4n) is 3.50. The Morgan fingerprint density at radius 1 is 1.16 bits per heavy atom. The molecule has 1 fully saturated rings. The lowest BCUT2D eigenvalue weighted by Crippen LogP contribution is -2.43. The second-order valence-electron chi connectivity index (χ2n) is 7.49. The Morgan fingerprint density at radius 3 is 2.66 bits per heavy atom. The van der Waals surface area contributed by atoms with E-state index in [1.807, 2.05) is 37.3 Å². The second-order valence-corrected chi connectivity index (χ2v) is 10.5. The van der Waals surface area contributed by atoms with Crippen molar-refractivity contribution in [1.82, 2.24) is 14.5 Å². The van der Waals surface area contributed by atoms with Crippen LogP contribution in [0.3, 0.4) is 0 Å². The number of carbonyl (C=O) groups excluding carboxylic acids is 1. The van der Waals surface area contributed by atoms with Gasteiger partial charge in [-0.15, -0.1) is 16.9 Å². The average molecular weight is 473 g/mol. The molecular weight excluding hydrogens is 448 g/mol. The highest BCUT2D eigenvalue weighted by molar-refractivity contribution is 7.99. The molecular formula is C22H24N4O4S2. The van der Waals surface area contributed by atoms with E-state index >= 15 is 0 Å². The minimum absolute atomic E-state index is 0.0192. The number of nitrogens with one attached hydrogen (secondary N) is 1. The molecule has 4 rings (SSSR count). The standard InChI is InChI=1S/C22H24N4O4S2/c1-16-9-11-18(12-10-16)32(28,29)26-14-5-8-19(26)21(27)23-22-25-24-20(30-22)13-15-31-17-6-3-2-4-7-17/h2-4,6-7,9-12,19H,5,8,13-15H2,1H3,(H,23,25,27). The van der Waals surface area contributed by atoms with E-state index in [4.69, 9.17) is 4.42 Å². The minimum atomic E-state index is -3.77. The van der Waals surface area contributed by atoms with Gasteiger partial charge in [0.15, 0.2) is 0 Å². The molecule has 1 aromatic heterocycles. The van der Waals surface area contributed by atoms with Gasteiger partial charge in [0, 0.05) is 23.6 Å². The van der Waals surface area contributed by atoms with Crippen LogP contribution in [-0.4, -0.2) is 47.2 Å². The largest absolute Gasteiger partial charge is 0.408 e. The van der Waals surface area contributed by atoms with Crippen LogP contribution in [0.25, 0.3) is 0 Å². The Morgan fingerprint density at radius 2 is 1.91 bits per heavy atom. The zero-order valence-electron chi connectivity index (χ0n) is 17.6. The zero-order chi connectivity index (χ0) is 22.6. The molecule has 0 bridgehead atoms. The van der Waals surface area contributed by atoms with Gasteiger partial charge in [0.05, 0.1) is 4.90 Å². The number of thioether (sulfide) groups is 1. The number of aryl methyl sites for hydroxylation is 2. The molecule has 1 aliphatic heterocycles. The minimum Gasteiger partial charge on any atom is -0.408 e. The number of aromatic nitrogens is 2. The fourth-order valence-corrected chi connectivity index (χ4v) is 6.02. The Kier molecular flexibility index (Phi) is 6.92. The second kappa shape index (κ2) is 9.85. The maximum atomic E-state index is 13.0. The van der Waals surface area contributed by atoms with Gasteiger partial charge in [0.25, 0.3) is 0 Å². The number of amides is 1. The molecule has 0 aliphatic carbocycles. The van der Waals surface area contributed by atoms with Crippen molar-refractivity contribution < 1.29 is 17.6 Å². The number of hydrogen-bond acceptors (Lipinski definition) is 7. The third-order valence-electron chi connectivity index (χ3n) is 5.16. The van der Waals surface area contributed by atoms with E-state index in [0.29, 0.717) is 31.7 Å². The van der Waals surface area contributed by atoms with Crippen molar-refractivity contribution in [3.8, 4) is 0 Å². The van der Waals surface area contributed by atoms with Gasteiger partial charge in [-0.1, -0.05) is 41.0 Å². The summed E-state index contributed by atoms with van der Waals surface area (Å²) in [7, 11) is -3.77. The van der Waals surface area contributed by atoms with Crippen molar-refractivity contribution in [2.45, 2.75) is 42.0 Å². The third kappa shape index (κ3) is 5.20. The summed E-state index contributed by atoms with van der Waals surface area (Å²) < 4.78 is 32.9. The monoisotopic (exact) mass is 472 g/mol. The summed E-state index contributed by atoms with van der Waals surface area (Å²) in [5.74, 6) is 0.705. The highest BCUT2D eigenvalue weighted by Gasteiger charge is 2.39. The predicted molar refractivity (Wildman–Crippen MR) is 122 cm³/mol. The normalized spacial score (nSPS) is 16.8. The Labute approximate surface area is 191 Å². The predicted octanol–water partition coefficient (Wildman–Crippen LogP) is 3.50. The number of sulfonamides is 1. The molecule has 1 amide bonds. The first-order chi connectivity index (χ1) is 15.4. The molecule has 1 N–H and O–H groups in total. The van der Waals surface area contributed by atoms with E-state index in [2.05, 4.69) is 15.5 Å². The topological polar surface area (TPSA) is 105 Å². The van der Waals surface area contributed by atoms with Gasteiger partial charge in [-0.25, -0.2) is 8.42 Å². The van der Waals surface area contributed by atoms with Crippen molar-refractivity contribution in [3.05, 3.63) is 66.1 Å². The van der Waals surface area contributed by atoms with Crippen LogP contribution in [0.2, 0.25) is 0 Å². The van der Waals surface area contributed by atoms with Gasteiger partial charge in [-0.05, 0) is 44.0 Å². The molecule has 0 spiro atoms. The molecule has 8 nitrogen and oxygen atoms in total. The van der Waals surface area contributed by atoms with Crippen LogP contribution in [0, 0.1) is 6.92 Å². The van der Waals surface area contributed by atoms with Gasteiger partial charge in [0.2, 0.25) is 21.8 Å². The molecule has 1 saturated heterocycles. The zero-order valence-corrected chi connectivity index (χ0v) is 19.2. The summed E-state index contributed by atoms with van der Waals surface area (Å²) in [6.07, 6.45) is 1.60. The van der Waals surface area contributed by atoms with Gasteiger partial charge in [-0.3, -0.25) is 10.1 Å². The maximum absolute atomic E-state index is 13.0. The quantitative estimate of drug-likeness (QED) is 0.500. The lowest BCUT2D eigenvalue weighted by molar-refractivity contribution is -0.119. The van der Waals surface area contributed by atoms with Crippen LogP contribution >= 0.6 is 11.8 Å². The van der Waals surface area contributed by atoms with Crippen molar-refractivity contribution in [3.63, 3.8) is 0 Å². The van der Waals surface area contributed by atoms with Crippen molar-refractivity contribution in [2.75, 3.05) is 17.6 Å². The van der Waals surface area contributed by atoms with E-state index in [0.717, 1.165) is 16.2 Å². The number of hydrogen-bond donors (Lipinski definition) is 1. The van der Waals surface area contributed by atoms with E-state index in [1.165, 1.54) is 4.31 Å². The molecule has 1 unspecified atom stereocenters. The van der Waals surface area contributed by atoms with Crippen molar-refractivity contribution >= 4 is 33.7 Å². The van der Waals surface area contributed by atoms with E-state index in [1.54, 1.807) is 36.0 Å². The highest BCUT2D eigenvalue weighted by atomic mass is 32.2. The van der Waals surface area contributed by atoms with Crippen LogP contribution in [0.4, 0.5) is 6.01 Å². The van der Waals surface area contributed by atoms with Gasteiger partial charge in [0.1, 0.15) is 6.04 Å². The molecule has 1 atom stereocenters. The Balaban J connectivity index is 1.36.